The fraction of sp³-hybridized carbons (Fsp3) is 0.870. The molecule has 0 aromatic carbocycles. The summed E-state index contributed by atoms with van der Waals surface area (Å²) in [5.41, 5.74) is 0. The minimum atomic E-state index is -1.43. The summed E-state index contributed by atoms with van der Waals surface area (Å²) < 4.78 is 20.2. The number of nitrogens with one attached hydrogen (secondary N) is 2. The highest BCUT2D eigenvalue weighted by atomic mass is 35.5. The molecule has 6 N–H and O–H groups in total. The van der Waals surface area contributed by atoms with Gasteiger partial charge >= 0.3 is 0 Å². The van der Waals surface area contributed by atoms with Gasteiger partial charge in [-0.1, -0.05) is 12.8 Å². The number of halogens is 2. The monoisotopic (exact) mass is 506 g/mol. The molecule has 0 bridgehead atoms. The molecule has 196 valence electrons. The van der Waals surface area contributed by atoms with Gasteiger partial charge in [-0.2, -0.15) is 0 Å². The highest BCUT2D eigenvalue weighted by Crippen LogP contribution is 2.28. The molecule has 2 aliphatic rings. The topological polar surface area (TPSA) is 132 Å². The molecule has 0 aliphatic carbocycles. The van der Waals surface area contributed by atoms with Crippen molar-refractivity contribution in [2.24, 2.45) is 5.92 Å². The van der Waals surface area contributed by atoms with E-state index in [1.165, 1.54) is 0 Å². The van der Waals surface area contributed by atoms with Crippen LogP contribution in [0.1, 0.15) is 45.4 Å². The molecule has 3 heterocycles. The van der Waals surface area contributed by atoms with Gasteiger partial charge in [-0.05, 0) is 45.1 Å². The smallest absolute Gasteiger partial charge is 0.120 e. The lowest BCUT2D eigenvalue weighted by molar-refractivity contribution is -0.233. The molecule has 1 aromatic heterocycles. The van der Waals surface area contributed by atoms with E-state index in [4.69, 9.17) is 16.3 Å². The standard InChI is InChI=1S/C23H40ClFN4O5/c1-14(24)18(28-23(33)16-6-5-15(7-9-27-16)4-2-3-8-25)22-21(32)20(31)19(30)17(34-22)12-29-11-10-26-13-29/h10-11,13-23,27-28,30-33H,2-9,12H2,1H3/t14-,15-,16-,17?,18+,19-,20?,21?,22+,23?/m0/s1. The number of aromatic nitrogens is 2. The Labute approximate surface area is 205 Å². The van der Waals surface area contributed by atoms with Crippen molar-refractivity contribution in [1.82, 2.24) is 20.2 Å². The minimum absolute atomic E-state index is 0.220. The molecule has 1 aromatic rings. The summed E-state index contributed by atoms with van der Waals surface area (Å²) in [4.78, 5) is 3.98. The Kier molecular flexibility index (Phi) is 11.0. The first kappa shape index (κ1) is 27.7. The zero-order chi connectivity index (χ0) is 24.7. The number of nitrogens with zero attached hydrogens (tertiary/aromatic N) is 2. The molecule has 2 saturated heterocycles. The number of aliphatic hydroxyl groups excluding tert-OH is 4. The van der Waals surface area contributed by atoms with Crippen molar-refractivity contribution >= 4 is 11.6 Å². The predicted molar refractivity (Wildman–Crippen MR) is 126 cm³/mol. The number of alkyl halides is 2. The third kappa shape index (κ3) is 7.33. The summed E-state index contributed by atoms with van der Waals surface area (Å²) in [5, 5.41) is 48.6. The zero-order valence-electron chi connectivity index (χ0n) is 19.7. The summed E-state index contributed by atoms with van der Waals surface area (Å²) in [7, 11) is 0. The maximum atomic E-state index is 12.4. The van der Waals surface area contributed by atoms with E-state index in [-0.39, 0.29) is 19.3 Å². The van der Waals surface area contributed by atoms with Crippen LogP contribution in [0.5, 0.6) is 0 Å². The van der Waals surface area contributed by atoms with Crippen LogP contribution < -0.4 is 10.6 Å². The molecule has 0 spiro atoms. The van der Waals surface area contributed by atoms with Gasteiger partial charge in [-0.25, -0.2) is 4.98 Å². The largest absolute Gasteiger partial charge is 0.388 e. The van der Waals surface area contributed by atoms with Gasteiger partial charge in [0.25, 0.3) is 0 Å². The van der Waals surface area contributed by atoms with Gasteiger partial charge in [0.2, 0.25) is 0 Å². The molecule has 0 saturated carbocycles. The van der Waals surface area contributed by atoms with E-state index in [1.807, 2.05) is 0 Å². The first-order valence-electron chi connectivity index (χ1n) is 12.3. The summed E-state index contributed by atoms with van der Waals surface area (Å²) in [6.07, 6.45) is 3.22. The summed E-state index contributed by atoms with van der Waals surface area (Å²) in [6.45, 7) is 2.44. The van der Waals surface area contributed by atoms with Crippen molar-refractivity contribution in [3.05, 3.63) is 18.7 Å². The van der Waals surface area contributed by atoms with Gasteiger partial charge in [0.05, 0.1) is 25.6 Å². The fourth-order valence-electron chi connectivity index (χ4n) is 5.05. The van der Waals surface area contributed by atoms with Crippen LogP contribution in [0.2, 0.25) is 0 Å². The fourth-order valence-corrected chi connectivity index (χ4v) is 5.27. The van der Waals surface area contributed by atoms with Crippen LogP contribution in [0.3, 0.4) is 0 Å². The van der Waals surface area contributed by atoms with Crippen molar-refractivity contribution < 1.29 is 29.6 Å². The highest BCUT2D eigenvalue weighted by molar-refractivity contribution is 6.20. The third-order valence-corrected chi connectivity index (χ3v) is 7.40. The normalized spacial score (nSPS) is 35.4. The highest BCUT2D eigenvalue weighted by Gasteiger charge is 2.48. The Bertz CT molecular complexity index is 703. The average Bonchev–Trinajstić information content (AvgIpc) is 3.21. The molecule has 4 unspecified atom stereocenters. The van der Waals surface area contributed by atoms with Crippen LogP contribution in [0, 0.1) is 5.92 Å². The molecule has 0 amide bonds. The first-order chi connectivity index (χ1) is 16.3. The lowest BCUT2D eigenvalue weighted by Crippen LogP contribution is -2.66. The first-order valence-corrected chi connectivity index (χ1v) is 12.8. The van der Waals surface area contributed by atoms with E-state index in [0.717, 1.165) is 38.6 Å². The van der Waals surface area contributed by atoms with E-state index < -0.39 is 48.2 Å². The molecule has 0 radical (unpaired) electrons. The molecule has 9 nitrogen and oxygen atoms in total. The Balaban J connectivity index is 1.62. The lowest BCUT2D eigenvalue weighted by atomic mass is 9.89. The number of ether oxygens (including phenoxy) is 1. The SMILES string of the molecule is C[C@H](Cl)[C@@H](NC(O)[C@@H]1CC[C@H](CCCCF)CCN1)[C@H]1OC(Cn2ccnc2)[C@H](O)C(O)C1O. The molecular formula is C23H40ClFN4O5. The summed E-state index contributed by atoms with van der Waals surface area (Å²) >= 11 is 6.45. The maximum absolute atomic E-state index is 12.4. The summed E-state index contributed by atoms with van der Waals surface area (Å²) in [5.74, 6) is 0.503. The van der Waals surface area contributed by atoms with E-state index in [9.17, 15) is 24.8 Å². The quantitative estimate of drug-likeness (QED) is 0.145. The van der Waals surface area contributed by atoms with Crippen molar-refractivity contribution in [3.63, 3.8) is 0 Å². The number of hydrogen-bond donors (Lipinski definition) is 6. The Morgan fingerprint density at radius 2 is 2.00 bits per heavy atom. The predicted octanol–water partition coefficient (Wildman–Crippen LogP) is 0.535. The zero-order valence-corrected chi connectivity index (χ0v) is 20.5. The van der Waals surface area contributed by atoms with Crippen molar-refractivity contribution in [1.29, 1.82) is 0 Å². The van der Waals surface area contributed by atoms with Gasteiger partial charge in [-0.15, -0.1) is 11.6 Å². The second-order valence-electron chi connectivity index (χ2n) is 9.66. The number of aliphatic hydroxyl groups is 4. The van der Waals surface area contributed by atoms with Crippen LogP contribution in [0.15, 0.2) is 18.7 Å². The maximum Gasteiger partial charge on any atom is 0.120 e. The van der Waals surface area contributed by atoms with Gasteiger partial charge in [0.15, 0.2) is 0 Å². The van der Waals surface area contributed by atoms with Crippen LogP contribution in [-0.2, 0) is 11.3 Å². The molecule has 10 atom stereocenters. The second kappa shape index (κ2) is 13.5. The molecule has 2 fully saturated rings. The number of imidazole rings is 1. The molecule has 3 rings (SSSR count). The van der Waals surface area contributed by atoms with Crippen LogP contribution in [0.25, 0.3) is 0 Å². The molecule has 11 heteroatoms. The van der Waals surface area contributed by atoms with Gasteiger partial charge in [0.1, 0.15) is 36.7 Å². The average molecular weight is 507 g/mol. The van der Waals surface area contributed by atoms with E-state index in [2.05, 4.69) is 15.6 Å². The van der Waals surface area contributed by atoms with Gasteiger partial charge in [0, 0.05) is 23.8 Å². The number of rotatable bonds is 11. The van der Waals surface area contributed by atoms with Crippen molar-refractivity contribution in [2.45, 2.75) is 106 Å². The van der Waals surface area contributed by atoms with E-state index >= 15 is 0 Å². The third-order valence-electron chi connectivity index (χ3n) is 7.13. The molecule has 2 aliphatic heterocycles. The van der Waals surface area contributed by atoms with Crippen LogP contribution in [0.4, 0.5) is 4.39 Å². The second-order valence-corrected chi connectivity index (χ2v) is 10.4. The Morgan fingerprint density at radius 3 is 2.68 bits per heavy atom. The van der Waals surface area contributed by atoms with Crippen LogP contribution in [-0.4, -0.2) is 97.4 Å². The van der Waals surface area contributed by atoms with Gasteiger partial charge < -0.3 is 35.0 Å². The number of hydrogen-bond acceptors (Lipinski definition) is 8. The van der Waals surface area contributed by atoms with Crippen LogP contribution >= 0.6 is 11.6 Å². The Morgan fingerprint density at radius 1 is 1.21 bits per heavy atom. The van der Waals surface area contributed by atoms with Gasteiger partial charge in [-0.3, -0.25) is 9.71 Å². The Hall–Kier alpha value is -0.850. The summed E-state index contributed by atoms with van der Waals surface area (Å²) in [6, 6.07) is -0.911. The van der Waals surface area contributed by atoms with E-state index in [0.29, 0.717) is 12.3 Å². The van der Waals surface area contributed by atoms with Crippen molar-refractivity contribution in [3.8, 4) is 0 Å². The number of unbranched alkanes of at least 4 members (excludes halogenated alkanes) is 1. The molecular weight excluding hydrogens is 467 g/mol. The molecule has 34 heavy (non-hydrogen) atoms. The lowest BCUT2D eigenvalue weighted by Gasteiger charge is -2.45. The van der Waals surface area contributed by atoms with Crippen molar-refractivity contribution in [2.75, 3.05) is 13.2 Å². The van der Waals surface area contributed by atoms with E-state index in [1.54, 1.807) is 30.2 Å². The minimum Gasteiger partial charge on any atom is -0.388 e.